The number of halogens is 1. The van der Waals surface area contributed by atoms with Crippen LogP contribution in [-0.2, 0) is 0 Å². The van der Waals surface area contributed by atoms with Crippen molar-refractivity contribution in [3.63, 3.8) is 0 Å². The number of amides is 2. The van der Waals surface area contributed by atoms with Crippen LogP contribution in [0.15, 0.2) is 54.6 Å². The predicted octanol–water partition coefficient (Wildman–Crippen LogP) is 3.88. The van der Waals surface area contributed by atoms with Crippen LogP contribution in [0.1, 0.15) is 6.92 Å². The molecule has 0 fully saturated rings. The zero-order chi connectivity index (χ0) is 13.7. The minimum Gasteiger partial charge on any atom is -0.308 e. The summed E-state index contributed by atoms with van der Waals surface area (Å²) in [5.74, 6) is -0.326. The Kier molecular flexibility index (Phi) is 4.13. The number of carbonyl (C=O) groups excluding carboxylic acids is 1. The van der Waals surface area contributed by atoms with E-state index in [2.05, 4.69) is 5.32 Å². The molecule has 2 amide bonds. The molecule has 98 valence electrons. The summed E-state index contributed by atoms with van der Waals surface area (Å²) in [4.78, 5) is 13.8. The van der Waals surface area contributed by atoms with Gasteiger partial charge in [0.1, 0.15) is 5.82 Å². The molecule has 2 rings (SSSR count). The second-order valence-electron chi connectivity index (χ2n) is 4.02. The maximum absolute atomic E-state index is 12.8. The van der Waals surface area contributed by atoms with Crippen molar-refractivity contribution in [3.8, 4) is 0 Å². The Morgan fingerprint density at radius 2 is 1.74 bits per heavy atom. The zero-order valence-corrected chi connectivity index (χ0v) is 10.6. The van der Waals surface area contributed by atoms with Gasteiger partial charge in [0.2, 0.25) is 0 Å². The van der Waals surface area contributed by atoms with E-state index >= 15 is 0 Å². The lowest BCUT2D eigenvalue weighted by Gasteiger charge is -2.21. The molecule has 0 aliphatic carbocycles. The van der Waals surface area contributed by atoms with Crippen LogP contribution in [0.2, 0.25) is 0 Å². The lowest BCUT2D eigenvalue weighted by molar-refractivity contribution is 0.257. The Labute approximate surface area is 111 Å². The van der Waals surface area contributed by atoms with E-state index in [1.807, 2.05) is 37.3 Å². The first kappa shape index (κ1) is 13.1. The molecule has 0 bridgehead atoms. The molecule has 2 aromatic rings. The van der Waals surface area contributed by atoms with Crippen LogP contribution in [-0.4, -0.2) is 12.6 Å². The summed E-state index contributed by atoms with van der Waals surface area (Å²) in [6, 6.07) is 14.9. The fourth-order valence-corrected chi connectivity index (χ4v) is 1.78. The average Bonchev–Trinajstić information content (AvgIpc) is 2.43. The van der Waals surface area contributed by atoms with Gasteiger partial charge in [0, 0.05) is 17.9 Å². The molecule has 1 N–H and O–H groups in total. The largest absolute Gasteiger partial charge is 0.326 e. The minimum atomic E-state index is -0.326. The molecule has 19 heavy (non-hydrogen) atoms. The summed E-state index contributed by atoms with van der Waals surface area (Å²) in [6.07, 6.45) is 0. The number of hydrogen-bond acceptors (Lipinski definition) is 1. The fourth-order valence-electron chi connectivity index (χ4n) is 1.78. The van der Waals surface area contributed by atoms with E-state index in [0.29, 0.717) is 12.2 Å². The molecule has 3 nitrogen and oxygen atoms in total. The molecule has 0 aliphatic rings. The number of benzene rings is 2. The molecule has 0 aliphatic heterocycles. The number of nitrogens with one attached hydrogen (secondary N) is 1. The van der Waals surface area contributed by atoms with Crippen LogP contribution in [0.5, 0.6) is 0 Å². The highest BCUT2D eigenvalue weighted by Crippen LogP contribution is 2.15. The van der Waals surface area contributed by atoms with Gasteiger partial charge in [-0.1, -0.05) is 18.2 Å². The molecule has 0 saturated carbocycles. The summed E-state index contributed by atoms with van der Waals surface area (Å²) < 4.78 is 12.8. The first-order valence-corrected chi connectivity index (χ1v) is 6.10. The van der Waals surface area contributed by atoms with Crippen molar-refractivity contribution in [2.24, 2.45) is 0 Å². The van der Waals surface area contributed by atoms with Gasteiger partial charge in [0.05, 0.1) is 0 Å². The second-order valence-corrected chi connectivity index (χ2v) is 4.02. The number of nitrogens with zero attached hydrogens (tertiary/aromatic N) is 1. The van der Waals surface area contributed by atoms with Gasteiger partial charge in [-0.3, -0.25) is 4.90 Å². The second kappa shape index (κ2) is 6.00. The third kappa shape index (κ3) is 3.31. The topological polar surface area (TPSA) is 32.3 Å². The number of anilines is 2. The van der Waals surface area contributed by atoms with Crippen molar-refractivity contribution >= 4 is 17.4 Å². The average molecular weight is 258 g/mol. The zero-order valence-electron chi connectivity index (χ0n) is 10.6. The molecule has 0 spiro atoms. The Morgan fingerprint density at radius 1 is 1.11 bits per heavy atom. The minimum absolute atomic E-state index is 0.236. The standard InChI is InChI=1S/C15H15FN2O/c1-2-18(14-6-4-3-5-7-14)15(19)17-13-10-8-12(16)9-11-13/h3-11H,2H2,1H3,(H,17,19). The van der Waals surface area contributed by atoms with Gasteiger partial charge in [-0.15, -0.1) is 0 Å². The summed E-state index contributed by atoms with van der Waals surface area (Å²) in [5.41, 5.74) is 1.39. The highest BCUT2D eigenvalue weighted by Gasteiger charge is 2.13. The fraction of sp³-hybridized carbons (Fsp3) is 0.133. The van der Waals surface area contributed by atoms with E-state index in [4.69, 9.17) is 0 Å². The van der Waals surface area contributed by atoms with Crippen LogP contribution >= 0.6 is 0 Å². The molecule has 0 unspecified atom stereocenters. The first-order valence-electron chi connectivity index (χ1n) is 6.10. The van der Waals surface area contributed by atoms with Crippen molar-refractivity contribution in [1.82, 2.24) is 0 Å². The van der Waals surface area contributed by atoms with Crippen LogP contribution in [0.25, 0.3) is 0 Å². The maximum atomic E-state index is 12.8. The Bertz CT molecular complexity index is 540. The van der Waals surface area contributed by atoms with Gasteiger partial charge in [-0.2, -0.15) is 0 Å². The molecular weight excluding hydrogens is 243 g/mol. The van der Waals surface area contributed by atoms with Gasteiger partial charge in [-0.05, 0) is 43.3 Å². The third-order valence-corrected chi connectivity index (χ3v) is 2.72. The maximum Gasteiger partial charge on any atom is 0.326 e. The molecule has 0 aromatic heterocycles. The Balaban J connectivity index is 2.11. The molecular formula is C15H15FN2O. The quantitative estimate of drug-likeness (QED) is 0.890. The summed E-state index contributed by atoms with van der Waals surface area (Å²) in [6.45, 7) is 2.45. The Hall–Kier alpha value is -2.36. The highest BCUT2D eigenvalue weighted by molar-refractivity contribution is 6.01. The molecule has 2 aromatic carbocycles. The van der Waals surface area contributed by atoms with Crippen molar-refractivity contribution in [2.45, 2.75) is 6.92 Å². The van der Waals surface area contributed by atoms with Crippen LogP contribution in [0, 0.1) is 5.82 Å². The van der Waals surface area contributed by atoms with Gasteiger partial charge in [-0.25, -0.2) is 9.18 Å². The normalized spacial score (nSPS) is 10.0. The molecule has 0 saturated heterocycles. The van der Waals surface area contributed by atoms with E-state index in [9.17, 15) is 9.18 Å². The lowest BCUT2D eigenvalue weighted by Crippen LogP contribution is -2.34. The van der Waals surface area contributed by atoms with Crippen molar-refractivity contribution < 1.29 is 9.18 Å². The van der Waals surface area contributed by atoms with Gasteiger partial charge in [0.15, 0.2) is 0 Å². The van der Waals surface area contributed by atoms with Crippen LogP contribution < -0.4 is 10.2 Å². The molecule has 0 radical (unpaired) electrons. The summed E-state index contributed by atoms with van der Waals surface area (Å²) in [5, 5.41) is 2.74. The lowest BCUT2D eigenvalue weighted by atomic mass is 10.3. The first-order chi connectivity index (χ1) is 9.20. The number of urea groups is 1. The molecule has 0 atom stereocenters. The number of para-hydroxylation sites is 1. The van der Waals surface area contributed by atoms with Crippen LogP contribution in [0.4, 0.5) is 20.6 Å². The van der Waals surface area contributed by atoms with Gasteiger partial charge < -0.3 is 5.32 Å². The van der Waals surface area contributed by atoms with Gasteiger partial charge in [0.25, 0.3) is 0 Å². The van der Waals surface area contributed by atoms with Crippen molar-refractivity contribution in [1.29, 1.82) is 0 Å². The van der Waals surface area contributed by atoms with Crippen molar-refractivity contribution in [2.75, 3.05) is 16.8 Å². The van der Waals surface area contributed by atoms with E-state index < -0.39 is 0 Å². The van der Waals surface area contributed by atoms with Crippen LogP contribution in [0.3, 0.4) is 0 Å². The number of hydrogen-bond donors (Lipinski definition) is 1. The Morgan fingerprint density at radius 3 is 2.32 bits per heavy atom. The van der Waals surface area contributed by atoms with E-state index in [0.717, 1.165) is 5.69 Å². The number of rotatable bonds is 3. The van der Waals surface area contributed by atoms with Gasteiger partial charge >= 0.3 is 6.03 Å². The smallest absolute Gasteiger partial charge is 0.308 e. The third-order valence-electron chi connectivity index (χ3n) is 2.72. The SMILES string of the molecule is CCN(C(=O)Nc1ccc(F)cc1)c1ccccc1. The monoisotopic (exact) mass is 258 g/mol. The van der Waals surface area contributed by atoms with E-state index in [1.165, 1.54) is 24.3 Å². The highest BCUT2D eigenvalue weighted by atomic mass is 19.1. The van der Waals surface area contributed by atoms with E-state index in [-0.39, 0.29) is 11.8 Å². The molecule has 4 heteroatoms. The molecule has 0 heterocycles. The predicted molar refractivity (Wildman–Crippen MR) is 74.9 cm³/mol. The summed E-state index contributed by atoms with van der Waals surface area (Å²) in [7, 11) is 0. The van der Waals surface area contributed by atoms with E-state index in [1.54, 1.807) is 4.90 Å². The number of carbonyl (C=O) groups is 1. The van der Waals surface area contributed by atoms with Crippen molar-refractivity contribution in [3.05, 3.63) is 60.4 Å². The summed E-state index contributed by atoms with van der Waals surface area (Å²) >= 11 is 0.